The third kappa shape index (κ3) is 9.23. The van der Waals surface area contributed by atoms with Crippen molar-refractivity contribution in [2.45, 2.75) is 43.6 Å². The molecule has 2 amide bonds. The normalized spacial score (nSPS) is 13.6. The van der Waals surface area contributed by atoms with Gasteiger partial charge < -0.3 is 25.3 Å². The first-order valence-electron chi connectivity index (χ1n) is 11.5. The van der Waals surface area contributed by atoms with E-state index < -0.39 is 48.5 Å². The maximum atomic E-state index is 13.6. The van der Waals surface area contributed by atoms with E-state index in [0.29, 0.717) is 22.6 Å². The smallest absolute Gasteiger partial charge is 0.406 e. The Morgan fingerprint density at radius 3 is 2.16 bits per heavy atom. The number of methoxy groups -OCH3 is 3. The number of halogens is 3. The van der Waals surface area contributed by atoms with E-state index in [0.717, 1.165) is 7.11 Å². The van der Waals surface area contributed by atoms with Crippen LogP contribution in [-0.4, -0.2) is 63.4 Å². The minimum Gasteiger partial charge on any atom is -0.493 e. The summed E-state index contributed by atoms with van der Waals surface area (Å²) < 4.78 is 55.8. The van der Waals surface area contributed by atoms with E-state index >= 15 is 0 Å². The Bertz CT molecular complexity index is 1080. The molecule has 0 radical (unpaired) electrons. The molecule has 0 bridgehead atoms. The van der Waals surface area contributed by atoms with Crippen molar-refractivity contribution in [3.63, 3.8) is 0 Å². The van der Waals surface area contributed by atoms with Gasteiger partial charge >= 0.3 is 12.1 Å². The van der Waals surface area contributed by atoms with Crippen LogP contribution in [0.25, 0.3) is 0 Å². The van der Waals surface area contributed by atoms with E-state index in [1.165, 1.54) is 14.2 Å². The fraction of sp³-hybridized carbons (Fsp3) is 0.400. The van der Waals surface area contributed by atoms with Crippen LogP contribution in [-0.2, 0) is 32.0 Å². The second-order valence-corrected chi connectivity index (χ2v) is 8.26. The van der Waals surface area contributed by atoms with Gasteiger partial charge in [0.2, 0.25) is 5.91 Å². The average molecular weight is 541 g/mol. The zero-order valence-corrected chi connectivity index (χ0v) is 21.1. The van der Waals surface area contributed by atoms with Crippen molar-refractivity contribution in [3.05, 3.63) is 59.7 Å². The van der Waals surface area contributed by atoms with Gasteiger partial charge in [-0.3, -0.25) is 15.0 Å². The Hall–Kier alpha value is -3.84. The zero-order chi connectivity index (χ0) is 28.3. The minimum absolute atomic E-state index is 0.00860. The van der Waals surface area contributed by atoms with E-state index in [-0.39, 0.29) is 12.8 Å². The van der Waals surface area contributed by atoms with Gasteiger partial charge in [-0.1, -0.05) is 36.4 Å². The molecule has 38 heavy (non-hydrogen) atoms. The van der Waals surface area contributed by atoms with Crippen LogP contribution in [0, 0.1) is 0 Å². The molecule has 0 spiro atoms. The Morgan fingerprint density at radius 2 is 1.58 bits per heavy atom. The van der Waals surface area contributed by atoms with Crippen molar-refractivity contribution >= 4 is 17.8 Å². The molecule has 0 aliphatic rings. The number of amides is 2. The lowest BCUT2D eigenvalue weighted by molar-refractivity contribution is -0.165. The standard InChI is InChI=1S/C25H31F3N4O6/c1-36-19-10-9-16(13-20(19)37-2)11-17(29)23(34)32-31-21(25(26,27)28)14-22(33)30-18(24(35)38-3)12-15-7-5-4-6-8-15/h4-10,13,17-18,21,31H,11-12,14,29H2,1-3H3,(H,30,33)(H,32,34). The van der Waals surface area contributed by atoms with E-state index in [1.807, 2.05) is 10.9 Å². The zero-order valence-electron chi connectivity index (χ0n) is 21.1. The van der Waals surface area contributed by atoms with E-state index in [4.69, 9.17) is 15.2 Å². The fourth-order valence-electron chi connectivity index (χ4n) is 3.48. The van der Waals surface area contributed by atoms with Crippen molar-refractivity contribution in [1.82, 2.24) is 16.2 Å². The van der Waals surface area contributed by atoms with Crippen LogP contribution in [0.1, 0.15) is 17.5 Å². The van der Waals surface area contributed by atoms with Gasteiger partial charge in [-0.15, -0.1) is 0 Å². The second-order valence-electron chi connectivity index (χ2n) is 8.26. The molecule has 2 rings (SSSR count). The number of hydrogen-bond acceptors (Lipinski definition) is 8. The molecule has 3 unspecified atom stereocenters. The summed E-state index contributed by atoms with van der Waals surface area (Å²) in [4.78, 5) is 36.9. The Labute approximate surface area is 218 Å². The average Bonchev–Trinajstić information content (AvgIpc) is 2.89. The van der Waals surface area contributed by atoms with Gasteiger partial charge in [-0.05, 0) is 29.7 Å². The molecule has 0 heterocycles. The van der Waals surface area contributed by atoms with Gasteiger partial charge in [0.05, 0.1) is 33.8 Å². The predicted molar refractivity (Wildman–Crippen MR) is 131 cm³/mol. The molecule has 0 saturated carbocycles. The van der Waals surface area contributed by atoms with Crippen LogP contribution < -0.4 is 31.4 Å². The lowest BCUT2D eigenvalue weighted by atomic mass is 10.1. The third-order valence-electron chi connectivity index (χ3n) is 5.50. The summed E-state index contributed by atoms with van der Waals surface area (Å²) >= 11 is 0. The molecule has 0 aromatic heterocycles. The molecule has 0 fully saturated rings. The summed E-state index contributed by atoms with van der Waals surface area (Å²) in [5.41, 5.74) is 10.9. The highest BCUT2D eigenvalue weighted by Crippen LogP contribution is 2.28. The van der Waals surface area contributed by atoms with Gasteiger partial charge in [0.25, 0.3) is 5.91 Å². The molecule has 0 aliphatic heterocycles. The Morgan fingerprint density at radius 1 is 0.921 bits per heavy atom. The van der Waals surface area contributed by atoms with E-state index in [1.54, 1.807) is 48.5 Å². The van der Waals surface area contributed by atoms with Crippen LogP contribution >= 0.6 is 0 Å². The first-order chi connectivity index (χ1) is 18.0. The van der Waals surface area contributed by atoms with Crippen LogP contribution in [0.4, 0.5) is 13.2 Å². The molecule has 2 aromatic carbocycles. The molecule has 208 valence electrons. The number of nitrogens with two attached hydrogens (primary N) is 1. The van der Waals surface area contributed by atoms with Crippen molar-refractivity contribution in [3.8, 4) is 11.5 Å². The van der Waals surface area contributed by atoms with Crippen LogP contribution in [0.3, 0.4) is 0 Å². The summed E-state index contributed by atoms with van der Waals surface area (Å²) in [6.45, 7) is 0. The van der Waals surface area contributed by atoms with Gasteiger partial charge in [0, 0.05) is 6.42 Å². The van der Waals surface area contributed by atoms with Crippen molar-refractivity contribution < 1.29 is 41.8 Å². The predicted octanol–water partition coefficient (Wildman–Crippen LogP) is 1.42. The van der Waals surface area contributed by atoms with Crippen LogP contribution in [0.15, 0.2) is 48.5 Å². The summed E-state index contributed by atoms with van der Waals surface area (Å²) in [7, 11) is 3.99. The van der Waals surface area contributed by atoms with Gasteiger partial charge in [-0.2, -0.15) is 13.2 Å². The highest BCUT2D eigenvalue weighted by molar-refractivity contribution is 5.85. The lowest BCUT2D eigenvalue weighted by Crippen LogP contribution is -2.57. The maximum absolute atomic E-state index is 13.6. The van der Waals surface area contributed by atoms with Crippen molar-refractivity contribution in [2.75, 3.05) is 21.3 Å². The van der Waals surface area contributed by atoms with Crippen LogP contribution in [0.2, 0.25) is 0 Å². The quantitative estimate of drug-likeness (QED) is 0.221. The number of carbonyl (C=O) groups is 3. The third-order valence-corrected chi connectivity index (χ3v) is 5.50. The van der Waals surface area contributed by atoms with Gasteiger partial charge in [0.1, 0.15) is 12.1 Å². The molecule has 2 aromatic rings. The number of ether oxygens (including phenoxy) is 3. The lowest BCUT2D eigenvalue weighted by Gasteiger charge is -2.24. The number of carbonyl (C=O) groups excluding carboxylic acids is 3. The Balaban J connectivity index is 1.99. The largest absolute Gasteiger partial charge is 0.493 e. The SMILES string of the molecule is COC(=O)C(Cc1ccccc1)NC(=O)CC(NNC(=O)C(N)Cc1ccc(OC)c(OC)c1)C(F)(F)F. The molecule has 13 heteroatoms. The highest BCUT2D eigenvalue weighted by Gasteiger charge is 2.42. The molecule has 3 atom stereocenters. The van der Waals surface area contributed by atoms with Gasteiger partial charge in [0.15, 0.2) is 11.5 Å². The summed E-state index contributed by atoms with van der Waals surface area (Å²) in [6.07, 6.45) is -6.01. The molecule has 0 aliphatic carbocycles. The first-order valence-corrected chi connectivity index (χ1v) is 11.5. The molecular weight excluding hydrogens is 509 g/mol. The van der Waals surface area contributed by atoms with Crippen molar-refractivity contribution in [1.29, 1.82) is 0 Å². The van der Waals surface area contributed by atoms with Gasteiger partial charge in [-0.25, -0.2) is 10.2 Å². The fourth-order valence-corrected chi connectivity index (χ4v) is 3.48. The van der Waals surface area contributed by atoms with E-state index in [9.17, 15) is 27.6 Å². The second kappa shape index (κ2) is 14.2. The number of hydrogen-bond donors (Lipinski definition) is 4. The highest BCUT2D eigenvalue weighted by atomic mass is 19.4. The van der Waals surface area contributed by atoms with Crippen molar-refractivity contribution in [2.24, 2.45) is 5.73 Å². The number of hydrazine groups is 1. The first kappa shape index (κ1) is 30.4. The minimum atomic E-state index is -4.90. The number of rotatable bonds is 13. The number of benzene rings is 2. The maximum Gasteiger partial charge on any atom is 0.406 e. The number of esters is 1. The molecular formula is C25H31F3N4O6. The summed E-state index contributed by atoms with van der Waals surface area (Å²) in [5.74, 6) is -1.95. The molecule has 5 N–H and O–H groups in total. The Kier molecular flexibility index (Phi) is 11.3. The summed E-state index contributed by atoms with van der Waals surface area (Å²) in [5, 5.41) is 2.27. The summed E-state index contributed by atoms with van der Waals surface area (Å²) in [6, 6.07) is 8.55. The number of nitrogens with one attached hydrogen (secondary N) is 3. The molecule has 10 nitrogen and oxygen atoms in total. The topological polar surface area (TPSA) is 141 Å². The monoisotopic (exact) mass is 540 g/mol. The van der Waals surface area contributed by atoms with E-state index in [2.05, 4.69) is 10.1 Å². The number of alkyl halides is 3. The van der Waals surface area contributed by atoms with Crippen LogP contribution in [0.5, 0.6) is 11.5 Å². The molecule has 0 saturated heterocycles.